The van der Waals surface area contributed by atoms with Crippen molar-refractivity contribution in [3.05, 3.63) is 128 Å². The van der Waals surface area contributed by atoms with Crippen molar-refractivity contribution < 1.29 is 4.39 Å². The zero-order chi connectivity index (χ0) is 23.5. The van der Waals surface area contributed by atoms with Gasteiger partial charge in [-0.2, -0.15) is 0 Å². The normalized spacial score (nSPS) is 10.8. The summed E-state index contributed by atoms with van der Waals surface area (Å²) in [5, 5.41) is 2.58. The number of hydrogen-bond donors (Lipinski definition) is 0. The van der Waals surface area contributed by atoms with Gasteiger partial charge < -0.3 is 0 Å². The minimum absolute atomic E-state index is 0.0970. The highest BCUT2D eigenvalue weighted by molar-refractivity contribution is 7.10. The Morgan fingerprint density at radius 3 is 2.53 bits per heavy atom. The van der Waals surface area contributed by atoms with Gasteiger partial charge in [0.25, 0.3) is 5.56 Å². The van der Waals surface area contributed by atoms with E-state index in [-0.39, 0.29) is 11.4 Å². The van der Waals surface area contributed by atoms with Crippen LogP contribution in [-0.4, -0.2) is 9.55 Å². The molecule has 0 saturated carbocycles. The predicted molar refractivity (Wildman–Crippen MR) is 136 cm³/mol. The van der Waals surface area contributed by atoms with E-state index in [4.69, 9.17) is 4.98 Å². The maximum absolute atomic E-state index is 13.6. The number of rotatable bonds is 4. The fraction of sp³-hybridized carbons (Fsp3) is 0.103. The van der Waals surface area contributed by atoms with Gasteiger partial charge in [-0.3, -0.25) is 9.36 Å². The van der Waals surface area contributed by atoms with Gasteiger partial charge in [0, 0.05) is 12.0 Å². The molecule has 0 unspecified atom stereocenters. The maximum Gasteiger partial charge on any atom is 0.265 e. The molecule has 5 heteroatoms. The standard InChI is InChI=1S/C29H21FN2OS/c1-20-19-22(10-15-24-5-4-18-34-24)11-16-27(20)32-28(17-12-21-8-13-23(30)14-9-21)31-26-7-3-2-6-25(26)29(32)33/h2-9,11,13-14,16,18-19H,12,17H2,1H3. The van der Waals surface area contributed by atoms with E-state index in [0.717, 1.165) is 27.3 Å². The van der Waals surface area contributed by atoms with Crippen LogP contribution in [0, 0.1) is 24.6 Å². The minimum atomic E-state index is -0.262. The maximum atomic E-state index is 13.6. The molecule has 5 aromatic rings. The van der Waals surface area contributed by atoms with Gasteiger partial charge in [-0.1, -0.05) is 42.2 Å². The van der Waals surface area contributed by atoms with Crippen LogP contribution in [0.3, 0.4) is 0 Å². The van der Waals surface area contributed by atoms with Crippen LogP contribution in [0.4, 0.5) is 4.39 Å². The van der Waals surface area contributed by atoms with Crippen molar-refractivity contribution in [3.63, 3.8) is 0 Å². The Bertz CT molecular complexity index is 1590. The molecule has 34 heavy (non-hydrogen) atoms. The number of para-hydroxylation sites is 1. The zero-order valence-corrected chi connectivity index (χ0v) is 19.4. The highest BCUT2D eigenvalue weighted by Gasteiger charge is 2.14. The average Bonchev–Trinajstić information content (AvgIpc) is 3.37. The third kappa shape index (κ3) is 4.54. The summed E-state index contributed by atoms with van der Waals surface area (Å²) in [6.45, 7) is 1.98. The largest absolute Gasteiger partial charge is 0.268 e. The summed E-state index contributed by atoms with van der Waals surface area (Å²) in [4.78, 5) is 19.4. The molecule has 0 aliphatic carbocycles. The second kappa shape index (κ2) is 9.46. The molecule has 3 nitrogen and oxygen atoms in total. The van der Waals surface area contributed by atoms with Gasteiger partial charge in [0.1, 0.15) is 11.6 Å². The number of hydrogen-bond acceptors (Lipinski definition) is 3. The summed E-state index contributed by atoms with van der Waals surface area (Å²) < 4.78 is 15.0. The molecule has 0 spiro atoms. The molecular formula is C29H21FN2OS. The number of nitrogens with zero attached hydrogens (tertiary/aromatic N) is 2. The van der Waals surface area contributed by atoms with Gasteiger partial charge in [-0.25, -0.2) is 9.37 Å². The zero-order valence-electron chi connectivity index (χ0n) is 18.6. The van der Waals surface area contributed by atoms with Crippen molar-refractivity contribution in [1.29, 1.82) is 0 Å². The highest BCUT2D eigenvalue weighted by Crippen LogP contribution is 2.19. The Hall–Kier alpha value is -4.01. The van der Waals surface area contributed by atoms with Crippen LogP contribution in [-0.2, 0) is 12.8 Å². The van der Waals surface area contributed by atoms with Gasteiger partial charge in [0.15, 0.2) is 0 Å². The molecule has 3 aromatic carbocycles. The molecule has 166 valence electrons. The first-order valence-electron chi connectivity index (χ1n) is 11.0. The van der Waals surface area contributed by atoms with Gasteiger partial charge >= 0.3 is 0 Å². The Kier molecular flexibility index (Phi) is 6.07. The van der Waals surface area contributed by atoms with E-state index in [1.165, 1.54) is 12.1 Å². The van der Waals surface area contributed by atoms with Crippen LogP contribution in [0.5, 0.6) is 0 Å². The van der Waals surface area contributed by atoms with Crippen LogP contribution in [0.1, 0.15) is 27.4 Å². The molecule has 0 aliphatic rings. The average molecular weight is 465 g/mol. The molecule has 0 fully saturated rings. The monoisotopic (exact) mass is 464 g/mol. The van der Waals surface area contributed by atoms with Crippen LogP contribution in [0.25, 0.3) is 16.6 Å². The van der Waals surface area contributed by atoms with Crippen molar-refractivity contribution in [3.8, 4) is 17.5 Å². The van der Waals surface area contributed by atoms with Crippen molar-refractivity contribution in [2.75, 3.05) is 0 Å². The van der Waals surface area contributed by atoms with E-state index in [1.807, 2.05) is 60.8 Å². The molecule has 2 aromatic heterocycles. The number of fused-ring (bicyclic) bond motifs is 1. The Labute approximate surface area is 201 Å². The van der Waals surface area contributed by atoms with E-state index in [9.17, 15) is 9.18 Å². The van der Waals surface area contributed by atoms with E-state index >= 15 is 0 Å². The molecule has 5 rings (SSSR count). The lowest BCUT2D eigenvalue weighted by Crippen LogP contribution is -2.25. The lowest BCUT2D eigenvalue weighted by atomic mass is 10.1. The highest BCUT2D eigenvalue weighted by atomic mass is 32.1. The molecule has 0 atom stereocenters. The van der Waals surface area contributed by atoms with Gasteiger partial charge in [-0.05, 0) is 78.4 Å². The topological polar surface area (TPSA) is 34.9 Å². The minimum Gasteiger partial charge on any atom is -0.268 e. The van der Waals surface area contributed by atoms with Crippen LogP contribution in [0.15, 0.2) is 89.0 Å². The third-order valence-corrected chi connectivity index (χ3v) is 6.47. The van der Waals surface area contributed by atoms with Gasteiger partial charge in [0.05, 0.1) is 21.5 Å². The summed E-state index contributed by atoms with van der Waals surface area (Å²) in [6, 6.07) is 23.7. The van der Waals surface area contributed by atoms with E-state index in [0.29, 0.717) is 29.6 Å². The Balaban J connectivity index is 1.57. The molecule has 0 saturated heterocycles. The fourth-order valence-corrected chi connectivity index (χ4v) is 4.54. The first-order valence-corrected chi connectivity index (χ1v) is 11.9. The summed E-state index contributed by atoms with van der Waals surface area (Å²) >= 11 is 1.61. The van der Waals surface area contributed by atoms with Crippen LogP contribution >= 0.6 is 11.3 Å². The molecule has 0 N–H and O–H groups in total. The lowest BCUT2D eigenvalue weighted by Gasteiger charge is -2.16. The summed E-state index contributed by atoms with van der Waals surface area (Å²) in [5.74, 6) is 6.79. The predicted octanol–water partition coefficient (Wildman–Crippen LogP) is 6.08. The summed E-state index contributed by atoms with van der Waals surface area (Å²) in [5.41, 5.74) is 4.20. The number of aryl methyl sites for hydroxylation is 3. The fourth-order valence-electron chi connectivity index (χ4n) is 3.97. The molecule has 0 radical (unpaired) electrons. The first kappa shape index (κ1) is 21.8. The van der Waals surface area contributed by atoms with Gasteiger partial charge in [-0.15, -0.1) is 11.3 Å². The number of benzene rings is 3. The van der Waals surface area contributed by atoms with Crippen LogP contribution < -0.4 is 5.56 Å². The first-order chi connectivity index (χ1) is 16.6. The smallest absolute Gasteiger partial charge is 0.265 e. The van der Waals surface area contributed by atoms with Crippen LogP contribution in [0.2, 0.25) is 0 Å². The van der Waals surface area contributed by atoms with Crippen molar-refractivity contribution in [1.82, 2.24) is 9.55 Å². The van der Waals surface area contributed by atoms with Crippen molar-refractivity contribution >= 4 is 22.2 Å². The SMILES string of the molecule is Cc1cc(C#Cc2cccs2)ccc1-n1c(CCc2ccc(F)cc2)nc2ccccc2c1=O. The quantitative estimate of drug-likeness (QED) is 0.302. The number of aromatic nitrogens is 2. The molecule has 0 amide bonds. The Morgan fingerprint density at radius 1 is 0.941 bits per heavy atom. The number of halogens is 1. The van der Waals surface area contributed by atoms with Crippen molar-refractivity contribution in [2.45, 2.75) is 19.8 Å². The molecule has 2 heterocycles. The Morgan fingerprint density at radius 2 is 1.76 bits per heavy atom. The second-order valence-electron chi connectivity index (χ2n) is 8.04. The van der Waals surface area contributed by atoms with Gasteiger partial charge in [0.2, 0.25) is 0 Å². The van der Waals surface area contributed by atoms with E-state index in [2.05, 4.69) is 11.8 Å². The van der Waals surface area contributed by atoms with E-state index in [1.54, 1.807) is 34.1 Å². The molecule has 0 aliphatic heterocycles. The third-order valence-electron chi connectivity index (χ3n) is 5.68. The van der Waals surface area contributed by atoms with E-state index < -0.39 is 0 Å². The summed E-state index contributed by atoms with van der Waals surface area (Å²) in [6.07, 6.45) is 1.19. The molecular weight excluding hydrogens is 443 g/mol. The molecule has 0 bridgehead atoms. The lowest BCUT2D eigenvalue weighted by molar-refractivity contribution is 0.626. The summed E-state index contributed by atoms with van der Waals surface area (Å²) in [7, 11) is 0. The second-order valence-corrected chi connectivity index (χ2v) is 8.99. The van der Waals surface area contributed by atoms with Crippen molar-refractivity contribution in [2.24, 2.45) is 0 Å². The number of thiophene rings is 1.